The topological polar surface area (TPSA) is 38.9 Å². The molecule has 130 valence electrons. The van der Waals surface area contributed by atoms with E-state index in [4.69, 9.17) is 4.42 Å². The number of nitrogens with zero attached hydrogens (tertiary/aromatic N) is 2. The summed E-state index contributed by atoms with van der Waals surface area (Å²) in [5.74, 6) is 0.00272. The van der Waals surface area contributed by atoms with Crippen LogP contribution in [0.4, 0.5) is 13.2 Å². The summed E-state index contributed by atoms with van der Waals surface area (Å²) in [5.41, 5.74) is 2.16. The molecule has 4 aromatic rings. The van der Waals surface area contributed by atoms with Crippen LogP contribution in [0.15, 0.2) is 63.7 Å². The molecule has 0 bridgehead atoms. The molecule has 2 heterocycles. The maximum Gasteiger partial charge on any atom is 0.280 e. The molecule has 0 saturated heterocycles. The van der Waals surface area contributed by atoms with E-state index in [0.717, 1.165) is 5.56 Å². The van der Waals surface area contributed by atoms with Crippen LogP contribution in [0.5, 0.6) is 0 Å². The Labute approximate surface area is 154 Å². The summed E-state index contributed by atoms with van der Waals surface area (Å²) < 4.78 is 44.6. The van der Waals surface area contributed by atoms with Gasteiger partial charge in [-0.2, -0.15) is 0 Å². The molecule has 0 aliphatic heterocycles. The lowest BCUT2D eigenvalue weighted by Crippen LogP contribution is -1.90. The van der Waals surface area contributed by atoms with Crippen LogP contribution in [0, 0.1) is 5.82 Å². The predicted octanol–water partition coefficient (Wildman–Crippen LogP) is 6.40. The van der Waals surface area contributed by atoms with Gasteiger partial charge in [-0.25, -0.2) is 23.1 Å². The van der Waals surface area contributed by atoms with Gasteiger partial charge in [-0.3, -0.25) is 0 Å². The van der Waals surface area contributed by atoms with E-state index >= 15 is 0 Å². The van der Waals surface area contributed by atoms with E-state index in [-0.39, 0.29) is 11.5 Å². The molecular weight excluding hydrogens is 409 g/mol. The number of pyridine rings is 1. The fourth-order valence-corrected chi connectivity index (χ4v) is 3.08. The van der Waals surface area contributed by atoms with Crippen molar-refractivity contribution in [3.05, 3.63) is 70.8 Å². The standard InChI is InChI=1S/C19H10BrF3N2O/c20-17-16(25-19(26-17)10-1-5-13(21)6-2-10)12-4-7-14-11(9-12)3-8-15(24-14)18(22)23/h1-9,18H. The normalized spacial score (nSPS) is 11.4. The Morgan fingerprint density at radius 2 is 1.62 bits per heavy atom. The lowest BCUT2D eigenvalue weighted by Gasteiger charge is -2.04. The van der Waals surface area contributed by atoms with Gasteiger partial charge < -0.3 is 4.42 Å². The Morgan fingerprint density at radius 3 is 2.35 bits per heavy atom. The Hall–Kier alpha value is -2.67. The van der Waals surface area contributed by atoms with Crippen molar-refractivity contribution in [1.29, 1.82) is 0 Å². The molecule has 2 aromatic heterocycles. The van der Waals surface area contributed by atoms with Crippen LogP contribution >= 0.6 is 15.9 Å². The lowest BCUT2D eigenvalue weighted by molar-refractivity contribution is 0.146. The number of hydrogen-bond acceptors (Lipinski definition) is 3. The summed E-state index contributed by atoms with van der Waals surface area (Å²) in [6.07, 6.45) is -2.61. The van der Waals surface area contributed by atoms with Gasteiger partial charge in [0.1, 0.15) is 17.2 Å². The Kier molecular flexibility index (Phi) is 4.24. The quantitative estimate of drug-likeness (QED) is 0.386. The molecular formula is C19H10BrF3N2O. The SMILES string of the molecule is Fc1ccc(-c2nc(-c3ccc4nc(C(F)F)ccc4c3)c(Br)o2)cc1. The van der Waals surface area contributed by atoms with Crippen LogP contribution in [-0.2, 0) is 0 Å². The van der Waals surface area contributed by atoms with Crippen molar-refractivity contribution in [3.63, 3.8) is 0 Å². The Balaban J connectivity index is 1.75. The minimum absolute atomic E-state index is 0.258. The van der Waals surface area contributed by atoms with Crippen molar-refractivity contribution >= 4 is 26.8 Å². The second kappa shape index (κ2) is 6.57. The van der Waals surface area contributed by atoms with Crippen molar-refractivity contribution in [3.8, 4) is 22.7 Å². The maximum atomic E-state index is 13.1. The van der Waals surface area contributed by atoms with Crippen LogP contribution in [0.1, 0.15) is 12.1 Å². The zero-order valence-corrected chi connectivity index (χ0v) is 14.7. The van der Waals surface area contributed by atoms with Gasteiger partial charge >= 0.3 is 0 Å². The average Bonchev–Trinajstić information content (AvgIpc) is 3.03. The van der Waals surface area contributed by atoms with Gasteiger partial charge in [-0.05, 0) is 58.4 Å². The number of halogens is 4. The molecule has 2 aromatic carbocycles. The number of fused-ring (bicyclic) bond motifs is 1. The van der Waals surface area contributed by atoms with Crippen LogP contribution in [-0.4, -0.2) is 9.97 Å². The second-order valence-corrected chi connectivity index (χ2v) is 6.31. The molecule has 0 amide bonds. The average molecular weight is 419 g/mol. The van der Waals surface area contributed by atoms with E-state index in [1.165, 1.54) is 18.2 Å². The Morgan fingerprint density at radius 1 is 0.885 bits per heavy atom. The number of hydrogen-bond donors (Lipinski definition) is 0. The fraction of sp³-hybridized carbons (Fsp3) is 0.0526. The molecule has 0 N–H and O–H groups in total. The molecule has 7 heteroatoms. The number of oxazole rings is 1. The molecule has 0 radical (unpaired) electrons. The van der Waals surface area contributed by atoms with Crippen molar-refractivity contribution < 1.29 is 17.6 Å². The summed E-state index contributed by atoms with van der Waals surface area (Å²) >= 11 is 3.34. The first-order chi connectivity index (χ1) is 12.5. The number of aromatic nitrogens is 2. The molecule has 0 atom stereocenters. The summed E-state index contributed by atoms with van der Waals surface area (Å²) in [6, 6.07) is 13.9. The summed E-state index contributed by atoms with van der Waals surface area (Å²) in [4.78, 5) is 8.41. The van der Waals surface area contributed by atoms with Gasteiger partial charge in [0.15, 0.2) is 4.67 Å². The first-order valence-electron chi connectivity index (χ1n) is 7.63. The zero-order chi connectivity index (χ0) is 18.3. The molecule has 0 aliphatic rings. The highest BCUT2D eigenvalue weighted by Crippen LogP contribution is 2.34. The zero-order valence-electron chi connectivity index (χ0n) is 13.1. The van der Waals surface area contributed by atoms with Crippen molar-refractivity contribution in [2.75, 3.05) is 0 Å². The number of rotatable bonds is 3. The van der Waals surface area contributed by atoms with E-state index in [9.17, 15) is 13.2 Å². The highest BCUT2D eigenvalue weighted by atomic mass is 79.9. The third-order valence-electron chi connectivity index (χ3n) is 3.88. The molecule has 0 spiro atoms. The van der Waals surface area contributed by atoms with Crippen LogP contribution in [0.3, 0.4) is 0 Å². The summed E-state index contributed by atoms with van der Waals surface area (Å²) in [6.45, 7) is 0. The second-order valence-electron chi connectivity index (χ2n) is 5.59. The lowest BCUT2D eigenvalue weighted by atomic mass is 10.1. The molecule has 0 saturated carbocycles. The van der Waals surface area contributed by atoms with E-state index < -0.39 is 6.43 Å². The summed E-state index contributed by atoms with van der Waals surface area (Å²) in [5, 5.41) is 0.713. The monoisotopic (exact) mass is 418 g/mol. The summed E-state index contributed by atoms with van der Waals surface area (Å²) in [7, 11) is 0. The largest absolute Gasteiger partial charge is 0.429 e. The van der Waals surface area contributed by atoms with Gasteiger partial charge in [0.25, 0.3) is 6.43 Å². The van der Waals surface area contributed by atoms with E-state index in [1.807, 2.05) is 0 Å². The first-order valence-corrected chi connectivity index (χ1v) is 8.42. The van der Waals surface area contributed by atoms with Gasteiger partial charge in [-0.1, -0.05) is 12.1 Å². The van der Waals surface area contributed by atoms with Crippen LogP contribution in [0.2, 0.25) is 0 Å². The van der Waals surface area contributed by atoms with E-state index in [0.29, 0.717) is 32.7 Å². The van der Waals surface area contributed by atoms with Crippen molar-refractivity contribution in [1.82, 2.24) is 9.97 Å². The predicted molar refractivity (Wildman–Crippen MR) is 95.3 cm³/mol. The van der Waals surface area contributed by atoms with Crippen LogP contribution in [0.25, 0.3) is 33.6 Å². The van der Waals surface area contributed by atoms with Gasteiger partial charge in [0.2, 0.25) is 5.89 Å². The number of alkyl halides is 2. The first kappa shape index (κ1) is 16.8. The minimum atomic E-state index is -2.61. The van der Waals surface area contributed by atoms with E-state index in [2.05, 4.69) is 25.9 Å². The molecule has 0 unspecified atom stereocenters. The fourth-order valence-electron chi connectivity index (χ4n) is 2.61. The Bertz CT molecular complexity index is 1090. The third-order valence-corrected chi connectivity index (χ3v) is 4.42. The van der Waals surface area contributed by atoms with Gasteiger partial charge in [0.05, 0.1) is 5.52 Å². The van der Waals surface area contributed by atoms with Gasteiger partial charge in [0, 0.05) is 16.5 Å². The van der Waals surface area contributed by atoms with Crippen molar-refractivity contribution in [2.45, 2.75) is 6.43 Å². The van der Waals surface area contributed by atoms with Crippen molar-refractivity contribution in [2.24, 2.45) is 0 Å². The molecule has 26 heavy (non-hydrogen) atoms. The highest BCUT2D eigenvalue weighted by molar-refractivity contribution is 9.10. The number of benzene rings is 2. The molecule has 4 rings (SSSR count). The van der Waals surface area contributed by atoms with E-state index in [1.54, 1.807) is 36.4 Å². The minimum Gasteiger partial charge on any atom is -0.429 e. The third kappa shape index (κ3) is 3.10. The van der Waals surface area contributed by atoms with Crippen LogP contribution < -0.4 is 0 Å². The molecule has 0 aliphatic carbocycles. The smallest absolute Gasteiger partial charge is 0.280 e. The molecule has 0 fully saturated rings. The molecule has 3 nitrogen and oxygen atoms in total. The maximum absolute atomic E-state index is 13.1. The van der Waals surface area contributed by atoms with Gasteiger partial charge in [-0.15, -0.1) is 0 Å². The highest BCUT2D eigenvalue weighted by Gasteiger charge is 2.16.